The second-order valence-corrected chi connectivity index (χ2v) is 6.48. The molecule has 1 aliphatic heterocycles. The second-order valence-electron chi connectivity index (χ2n) is 6.48. The standard InChI is InChI=1S/C20H27NO3/c1-5-15(6-2)12-24-20(23)19-14(4)21-18(22)11-17(19)16-10-8-7-9-13(16)3/h7-10,15,17H,5-6,11-12H2,1-4H3,(H,21,22). The Kier molecular flexibility index (Phi) is 6.18. The predicted molar refractivity (Wildman–Crippen MR) is 94.4 cm³/mol. The van der Waals surface area contributed by atoms with Gasteiger partial charge >= 0.3 is 5.97 Å². The average molecular weight is 329 g/mol. The van der Waals surface area contributed by atoms with Crippen LogP contribution in [0, 0.1) is 12.8 Å². The topological polar surface area (TPSA) is 55.4 Å². The highest BCUT2D eigenvalue weighted by Gasteiger charge is 2.33. The van der Waals surface area contributed by atoms with E-state index in [1.165, 1.54) is 0 Å². The van der Waals surface area contributed by atoms with Crippen molar-refractivity contribution in [3.8, 4) is 0 Å². The summed E-state index contributed by atoms with van der Waals surface area (Å²) >= 11 is 0. The smallest absolute Gasteiger partial charge is 0.336 e. The number of carbonyl (C=O) groups is 2. The third-order valence-corrected chi connectivity index (χ3v) is 4.86. The maximum Gasteiger partial charge on any atom is 0.336 e. The van der Waals surface area contributed by atoms with Gasteiger partial charge in [-0.1, -0.05) is 51.0 Å². The van der Waals surface area contributed by atoms with Crippen LogP contribution in [0.3, 0.4) is 0 Å². The van der Waals surface area contributed by atoms with Gasteiger partial charge in [0.2, 0.25) is 5.91 Å². The first-order valence-corrected chi connectivity index (χ1v) is 8.71. The van der Waals surface area contributed by atoms with Crippen LogP contribution in [0.5, 0.6) is 0 Å². The van der Waals surface area contributed by atoms with Crippen molar-refractivity contribution in [3.63, 3.8) is 0 Å². The lowest BCUT2D eigenvalue weighted by molar-refractivity contribution is -0.141. The number of nitrogens with one attached hydrogen (secondary N) is 1. The molecule has 4 heteroatoms. The van der Waals surface area contributed by atoms with Crippen molar-refractivity contribution in [1.29, 1.82) is 0 Å². The minimum Gasteiger partial charge on any atom is -0.462 e. The quantitative estimate of drug-likeness (QED) is 0.807. The first kappa shape index (κ1) is 18.2. The molecular weight excluding hydrogens is 302 g/mol. The molecule has 0 saturated heterocycles. The van der Waals surface area contributed by atoms with E-state index in [1.54, 1.807) is 6.92 Å². The first-order chi connectivity index (χ1) is 11.5. The van der Waals surface area contributed by atoms with Crippen LogP contribution >= 0.6 is 0 Å². The summed E-state index contributed by atoms with van der Waals surface area (Å²) in [7, 11) is 0. The summed E-state index contributed by atoms with van der Waals surface area (Å²) in [6, 6.07) is 7.89. The fraction of sp³-hybridized carbons (Fsp3) is 0.500. The van der Waals surface area contributed by atoms with Gasteiger partial charge in [-0.15, -0.1) is 0 Å². The molecule has 1 aliphatic rings. The predicted octanol–water partition coefficient (Wildman–Crippen LogP) is 3.85. The van der Waals surface area contributed by atoms with Gasteiger partial charge < -0.3 is 10.1 Å². The zero-order valence-electron chi connectivity index (χ0n) is 15.0. The molecular formula is C20H27NO3. The van der Waals surface area contributed by atoms with Crippen molar-refractivity contribution in [2.75, 3.05) is 6.61 Å². The van der Waals surface area contributed by atoms with Crippen LogP contribution in [0.1, 0.15) is 57.1 Å². The normalized spacial score (nSPS) is 17.9. The summed E-state index contributed by atoms with van der Waals surface area (Å²) in [5.41, 5.74) is 3.28. The molecule has 1 aromatic carbocycles. The molecule has 0 aromatic heterocycles. The van der Waals surface area contributed by atoms with E-state index in [2.05, 4.69) is 19.2 Å². The number of aryl methyl sites for hydroxylation is 1. The lowest BCUT2D eigenvalue weighted by Gasteiger charge is -2.28. The number of benzene rings is 1. The zero-order chi connectivity index (χ0) is 17.7. The van der Waals surface area contributed by atoms with Gasteiger partial charge in [-0.25, -0.2) is 4.79 Å². The van der Waals surface area contributed by atoms with E-state index < -0.39 is 0 Å². The Morgan fingerprint density at radius 2 is 1.92 bits per heavy atom. The SMILES string of the molecule is CCC(CC)COC(=O)C1=C(C)NC(=O)CC1c1ccccc1C. The Balaban J connectivity index is 2.29. The molecule has 4 nitrogen and oxygen atoms in total. The number of hydrogen-bond acceptors (Lipinski definition) is 3. The van der Waals surface area contributed by atoms with E-state index in [0.29, 0.717) is 23.8 Å². The minimum atomic E-state index is -0.312. The summed E-state index contributed by atoms with van der Waals surface area (Å²) in [5.74, 6) is -0.232. The number of esters is 1. The van der Waals surface area contributed by atoms with E-state index in [0.717, 1.165) is 24.0 Å². The van der Waals surface area contributed by atoms with Crippen LogP contribution < -0.4 is 5.32 Å². The first-order valence-electron chi connectivity index (χ1n) is 8.71. The molecule has 1 amide bonds. The number of rotatable bonds is 6. The summed E-state index contributed by atoms with van der Waals surface area (Å²) in [6.45, 7) is 8.41. The van der Waals surface area contributed by atoms with Crippen LogP contribution in [-0.4, -0.2) is 18.5 Å². The van der Waals surface area contributed by atoms with Crippen molar-refractivity contribution >= 4 is 11.9 Å². The van der Waals surface area contributed by atoms with Crippen molar-refractivity contribution in [3.05, 3.63) is 46.7 Å². The number of carbonyl (C=O) groups excluding carboxylic acids is 2. The number of hydrogen-bond donors (Lipinski definition) is 1. The number of allylic oxidation sites excluding steroid dienone is 1. The Morgan fingerprint density at radius 1 is 1.25 bits per heavy atom. The molecule has 0 aliphatic carbocycles. The van der Waals surface area contributed by atoms with Gasteiger partial charge in [0.05, 0.1) is 12.2 Å². The van der Waals surface area contributed by atoms with Gasteiger partial charge in [0.1, 0.15) is 0 Å². The minimum absolute atomic E-state index is 0.0581. The van der Waals surface area contributed by atoms with Gasteiger partial charge in [-0.2, -0.15) is 0 Å². The van der Waals surface area contributed by atoms with Crippen LogP contribution in [0.2, 0.25) is 0 Å². The van der Waals surface area contributed by atoms with Crippen molar-refractivity contribution in [2.24, 2.45) is 5.92 Å². The molecule has 130 valence electrons. The Labute approximate surface area is 144 Å². The van der Waals surface area contributed by atoms with E-state index >= 15 is 0 Å². The van der Waals surface area contributed by atoms with E-state index in [9.17, 15) is 9.59 Å². The third-order valence-electron chi connectivity index (χ3n) is 4.86. The van der Waals surface area contributed by atoms with Gasteiger partial charge in [0.15, 0.2) is 0 Å². The molecule has 1 atom stereocenters. The Bertz CT molecular complexity index is 644. The molecule has 0 fully saturated rings. The molecule has 1 N–H and O–H groups in total. The monoisotopic (exact) mass is 329 g/mol. The van der Waals surface area contributed by atoms with E-state index in [-0.39, 0.29) is 24.2 Å². The molecule has 1 heterocycles. The molecule has 0 saturated carbocycles. The van der Waals surface area contributed by atoms with E-state index in [4.69, 9.17) is 4.74 Å². The zero-order valence-corrected chi connectivity index (χ0v) is 15.0. The van der Waals surface area contributed by atoms with E-state index in [1.807, 2.05) is 31.2 Å². The van der Waals surface area contributed by atoms with Crippen LogP contribution in [-0.2, 0) is 14.3 Å². The second kappa shape index (κ2) is 8.13. The fourth-order valence-corrected chi connectivity index (χ4v) is 3.21. The van der Waals surface area contributed by atoms with Crippen molar-refractivity contribution < 1.29 is 14.3 Å². The van der Waals surface area contributed by atoms with Gasteiger partial charge in [0, 0.05) is 18.0 Å². The molecule has 24 heavy (non-hydrogen) atoms. The Morgan fingerprint density at radius 3 is 2.54 bits per heavy atom. The van der Waals surface area contributed by atoms with Crippen LogP contribution in [0.4, 0.5) is 0 Å². The lowest BCUT2D eigenvalue weighted by Crippen LogP contribution is -2.34. The average Bonchev–Trinajstić information content (AvgIpc) is 2.55. The summed E-state index contributed by atoms with van der Waals surface area (Å²) in [4.78, 5) is 24.7. The lowest BCUT2D eigenvalue weighted by atomic mass is 9.82. The summed E-state index contributed by atoms with van der Waals surface area (Å²) in [6.07, 6.45) is 2.25. The fourth-order valence-electron chi connectivity index (χ4n) is 3.21. The Hall–Kier alpha value is -2.10. The molecule has 1 unspecified atom stereocenters. The highest BCUT2D eigenvalue weighted by atomic mass is 16.5. The molecule has 0 bridgehead atoms. The van der Waals surface area contributed by atoms with Crippen molar-refractivity contribution in [1.82, 2.24) is 5.32 Å². The van der Waals surface area contributed by atoms with Crippen molar-refractivity contribution in [2.45, 2.75) is 52.9 Å². The molecule has 0 radical (unpaired) electrons. The van der Waals surface area contributed by atoms with Crippen LogP contribution in [0.15, 0.2) is 35.5 Å². The third kappa shape index (κ3) is 4.05. The molecule has 1 aromatic rings. The maximum atomic E-state index is 12.7. The van der Waals surface area contributed by atoms with Gasteiger partial charge in [0.25, 0.3) is 0 Å². The number of amides is 1. The van der Waals surface area contributed by atoms with Crippen LogP contribution in [0.25, 0.3) is 0 Å². The highest BCUT2D eigenvalue weighted by molar-refractivity contribution is 5.95. The highest BCUT2D eigenvalue weighted by Crippen LogP contribution is 2.35. The number of ether oxygens (including phenoxy) is 1. The summed E-state index contributed by atoms with van der Waals surface area (Å²) in [5, 5.41) is 2.78. The summed E-state index contributed by atoms with van der Waals surface area (Å²) < 4.78 is 5.57. The largest absolute Gasteiger partial charge is 0.462 e. The maximum absolute atomic E-state index is 12.7. The molecule has 2 rings (SSSR count). The van der Waals surface area contributed by atoms with Gasteiger partial charge in [-0.05, 0) is 30.9 Å². The molecule has 0 spiro atoms. The van der Waals surface area contributed by atoms with Gasteiger partial charge in [-0.3, -0.25) is 4.79 Å².